The number of hydrogen-bond donors (Lipinski definition) is 0. The van der Waals surface area contributed by atoms with Crippen molar-refractivity contribution < 1.29 is 28.3 Å². The number of carbonyl (C=O) groups excluding carboxylic acids is 4. The molecule has 0 aromatic heterocycles. The molecule has 1 aliphatic rings. The van der Waals surface area contributed by atoms with Crippen molar-refractivity contribution in [2.24, 2.45) is 5.92 Å². The average Bonchev–Trinajstić information content (AvgIpc) is 2.91. The molecule has 0 fully saturated rings. The number of Topliss-reactive ketones (excluding diaryl/α,β-unsaturated/α-hetero) is 1. The Bertz CT molecular complexity index is 934. The van der Waals surface area contributed by atoms with Crippen LogP contribution in [0.1, 0.15) is 44.9 Å². The van der Waals surface area contributed by atoms with E-state index in [-0.39, 0.29) is 16.7 Å². The summed E-state index contributed by atoms with van der Waals surface area (Å²) in [6, 6.07) is 10.1. The van der Waals surface area contributed by atoms with Crippen LogP contribution < -0.4 is 0 Å². The predicted octanol–water partition coefficient (Wildman–Crippen LogP) is 2.87. The summed E-state index contributed by atoms with van der Waals surface area (Å²) in [7, 11) is 0. The predicted molar refractivity (Wildman–Crippen MR) is 97.3 cm³/mol. The third-order valence-electron chi connectivity index (χ3n) is 4.47. The third kappa shape index (κ3) is 3.55. The molecule has 0 bridgehead atoms. The highest BCUT2D eigenvalue weighted by atomic mass is 19.1. The van der Waals surface area contributed by atoms with Gasteiger partial charge in [0.25, 0.3) is 11.8 Å². The fourth-order valence-electron chi connectivity index (χ4n) is 3.10. The minimum atomic E-state index is -1.17. The summed E-state index contributed by atoms with van der Waals surface area (Å²) in [6.45, 7) is 2.72. The van der Waals surface area contributed by atoms with Crippen molar-refractivity contribution in [3.63, 3.8) is 0 Å². The summed E-state index contributed by atoms with van der Waals surface area (Å²) in [4.78, 5) is 50.9. The maximum Gasteiger partial charge on any atom is 0.330 e. The monoisotopic (exact) mass is 383 g/mol. The Morgan fingerprint density at radius 2 is 1.61 bits per heavy atom. The number of fused-ring (bicyclic) bond motifs is 1. The van der Waals surface area contributed by atoms with Gasteiger partial charge in [-0.15, -0.1) is 0 Å². The van der Waals surface area contributed by atoms with Crippen molar-refractivity contribution in [1.29, 1.82) is 0 Å². The lowest BCUT2D eigenvalue weighted by Crippen LogP contribution is -2.49. The van der Waals surface area contributed by atoms with Crippen LogP contribution in [0.25, 0.3) is 0 Å². The van der Waals surface area contributed by atoms with Gasteiger partial charge < -0.3 is 4.74 Å². The van der Waals surface area contributed by atoms with Gasteiger partial charge in [-0.3, -0.25) is 19.3 Å². The van der Waals surface area contributed by atoms with Crippen molar-refractivity contribution in [2.45, 2.75) is 19.9 Å². The van der Waals surface area contributed by atoms with Gasteiger partial charge in [-0.2, -0.15) is 0 Å². The molecule has 28 heavy (non-hydrogen) atoms. The molecule has 2 aromatic carbocycles. The topological polar surface area (TPSA) is 80.8 Å². The van der Waals surface area contributed by atoms with Crippen LogP contribution in [0, 0.1) is 11.7 Å². The first-order valence-corrected chi connectivity index (χ1v) is 8.73. The van der Waals surface area contributed by atoms with Gasteiger partial charge in [0, 0.05) is 5.56 Å². The van der Waals surface area contributed by atoms with E-state index in [0.717, 1.165) is 11.0 Å². The zero-order valence-electron chi connectivity index (χ0n) is 15.3. The maximum absolute atomic E-state index is 13.2. The normalized spacial score (nSPS) is 14.2. The molecule has 0 aliphatic carbocycles. The zero-order valence-corrected chi connectivity index (χ0v) is 15.3. The van der Waals surface area contributed by atoms with Gasteiger partial charge in [-0.1, -0.05) is 38.1 Å². The van der Waals surface area contributed by atoms with Gasteiger partial charge in [-0.05, 0) is 30.2 Å². The van der Waals surface area contributed by atoms with Crippen LogP contribution in [-0.2, 0) is 9.53 Å². The third-order valence-corrected chi connectivity index (χ3v) is 4.47. The lowest BCUT2D eigenvalue weighted by molar-refractivity contribution is -0.148. The van der Waals surface area contributed by atoms with E-state index in [2.05, 4.69) is 0 Å². The average molecular weight is 383 g/mol. The van der Waals surface area contributed by atoms with Gasteiger partial charge in [0.2, 0.25) is 0 Å². The Balaban J connectivity index is 1.76. The van der Waals surface area contributed by atoms with Crippen molar-refractivity contribution in [3.05, 3.63) is 71.0 Å². The van der Waals surface area contributed by atoms with E-state index in [0.29, 0.717) is 0 Å². The van der Waals surface area contributed by atoms with E-state index in [9.17, 15) is 23.6 Å². The Hall–Kier alpha value is -3.35. The lowest BCUT2D eigenvalue weighted by atomic mass is 10.0. The van der Waals surface area contributed by atoms with E-state index < -0.39 is 48.0 Å². The van der Waals surface area contributed by atoms with Crippen LogP contribution in [0.15, 0.2) is 48.5 Å². The molecular formula is C21H18FNO5. The maximum atomic E-state index is 13.2. The van der Waals surface area contributed by atoms with E-state index in [4.69, 9.17) is 4.74 Å². The second-order valence-corrected chi connectivity index (χ2v) is 6.76. The lowest BCUT2D eigenvalue weighted by Gasteiger charge is -2.27. The fourth-order valence-corrected chi connectivity index (χ4v) is 3.10. The Labute approximate surface area is 160 Å². The summed E-state index contributed by atoms with van der Waals surface area (Å²) >= 11 is 0. The first-order valence-electron chi connectivity index (χ1n) is 8.73. The molecule has 1 heterocycles. The summed E-state index contributed by atoms with van der Waals surface area (Å²) in [5.41, 5.74) is 0.512. The number of ketones is 1. The largest absolute Gasteiger partial charge is 0.456 e. The molecule has 1 aliphatic heterocycles. The highest BCUT2D eigenvalue weighted by molar-refractivity contribution is 6.22. The van der Waals surface area contributed by atoms with Crippen LogP contribution in [0.5, 0.6) is 0 Å². The van der Waals surface area contributed by atoms with E-state index >= 15 is 0 Å². The van der Waals surface area contributed by atoms with Crippen LogP contribution in [-0.4, -0.2) is 41.1 Å². The van der Waals surface area contributed by atoms with Crippen LogP contribution in [0.3, 0.4) is 0 Å². The molecule has 0 saturated carbocycles. The molecular weight excluding hydrogens is 365 g/mol. The summed E-state index contributed by atoms with van der Waals surface area (Å²) in [5.74, 6) is -3.62. The van der Waals surface area contributed by atoms with E-state index in [1.165, 1.54) is 30.3 Å². The summed E-state index contributed by atoms with van der Waals surface area (Å²) < 4.78 is 18.3. The molecule has 0 radical (unpaired) electrons. The minimum absolute atomic E-state index is 0.0645. The highest BCUT2D eigenvalue weighted by Gasteiger charge is 2.44. The molecule has 0 N–H and O–H groups in total. The highest BCUT2D eigenvalue weighted by Crippen LogP contribution is 2.27. The quantitative estimate of drug-likeness (QED) is 0.435. The number of ether oxygens (including phenoxy) is 1. The second kappa shape index (κ2) is 7.72. The van der Waals surface area contributed by atoms with Crippen molar-refractivity contribution in [1.82, 2.24) is 4.90 Å². The summed E-state index contributed by atoms with van der Waals surface area (Å²) in [6.07, 6.45) is 0. The number of nitrogens with zero attached hydrogens (tertiary/aromatic N) is 1. The van der Waals surface area contributed by atoms with E-state index in [1.54, 1.807) is 26.0 Å². The summed E-state index contributed by atoms with van der Waals surface area (Å²) in [5, 5.41) is 0. The smallest absolute Gasteiger partial charge is 0.330 e. The molecule has 0 saturated heterocycles. The SMILES string of the molecule is CC(C)[C@@H](C(=O)OCC(=O)c1cccc(F)c1)N1C(=O)c2ccccc2C1=O. The fraction of sp³-hybridized carbons (Fsp3) is 0.238. The number of hydrogen-bond acceptors (Lipinski definition) is 5. The molecule has 7 heteroatoms. The van der Waals surface area contributed by atoms with Crippen molar-refractivity contribution in [3.8, 4) is 0 Å². The Morgan fingerprint density at radius 1 is 1.00 bits per heavy atom. The molecule has 6 nitrogen and oxygen atoms in total. The van der Waals surface area contributed by atoms with Crippen LogP contribution in [0.4, 0.5) is 4.39 Å². The molecule has 144 valence electrons. The van der Waals surface area contributed by atoms with Crippen molar-refractivity contribution in [2.75, 3.05) is 6.61 Å². The van der Waals surface area contributed by atoms with Crippen LogP contribution in [0.2, 0.25) is 0 Å². The molecule has 3 rings (SSSR count). The van der Waals surface area contributed by atoms with Gasteiger partial charge in [0.1, 0.15) is 11.9 Å². The van der Waals surface area contributed by atoms with Gasteiger partial charge >= 0.3 is 5.97 Å². The number of halogens is 1. The number of amides is 2. The minimum Gasteiger partial charge on any atom is -0.456 e. The van der Waals surface area contributed by atoms with Gasteiger partial charge in [-0.25, -0.2) is 9.18 Å². The molecule has 0 unspecified atom stereocenters. The Morgan fingerprint density at radius 3 is 2.14 bits per heavy atom. The standard InChI is InChI=1S/C21H18FNO5/c1-12(2)18(23-19(25)15-8-3-4-9-16(15)20(23)26)21(27)28-11-17(24)13-6-5-7-14(22)10-13/h3-10,12,18H,11H2,1-2H3/t18-/m0/s1. The number of imide groups is 1. The van der Waals surface area contributed by atoms with Crippen LogP contribution >= 0.6 is 0 Å². The zero-order chi connectivity index (χ0) is 20.4. The number of esters is 1. The van der Waals surface area contributed by atoms with Gasteiger partial charge in [0.05, 0.1) is 11.1 Å². The van der Waals surface area contributed by atoms with E-state index in [1.807, 2.05) is 0 Å². The molecule has 2 aromatic rings. The second-order valence-electron chi connectivity index (χ2n) is 6.76. The number of carbonyl (C=O) groups is 4. The first kappa shape index (κ1) is 19.4. The number of benzene rings is 2. The first-order chi connectivity index (χ1) is 13.3. The molecule has 1 atom stereocenters. The van der Waals surface area contributed by atoms with Gasteiger partial charge in [0.15, 0.2) is 12.4 Å². The molecule has 2 amide bonds. The number of rotatable bonds is 6. The van der Waals surface area contributed by atoms with Crippen molar-refractivity contribution >= 4 is 23.6 Å². The Kier molecular flexibility index (Phi) is 5.35. The molecule has 0 spiro atoms.